The van der Waals surface area contributed by atoms with Crippen LogP contribution in [0.4, 0.5) is 5.69 Å². The van der Waals surface area contributed by atoms with Gasteiger partial charge in [-0.3, -0.25) is 4.79 Å². The molecule has 0 radical (unpaired) electrons. The van der Waals surface area contributed by atoms with E-state index < -0.39 is 0 Å². The number of nitrogens with zero attached hydrogens (tertiary/aromatic N) is 3. The average Bonchev–Trinajstić information content (AvgIpc) is 3.10. The van der Waals surface area contributed by atoms with Crippen LogP contribution in [0.15, 0.2) is 52.9 Å². The molecule has 5 heteroatoms. The van der Waals surface area contributed by atoms with Crippen molar-refractivity contribution in [3.05, 3.63) is 71.3 Å². The van der Waals surface area contributed by atoms with Gasteiger partial charge in [-0.2, -0.15) is 0 Å². The van der Waals surface area contributed by atoms with Crippen molar-refractivity contribution < 1.29 is 9.21 Å². The second kappa shape index (κ2) is 7.50. The van der Waals surface area contributed by atoms with E-state index in [9.17, 15) is 4.79 Å². The third kappa shape index (κ3) is 3.52. The highest BCUT2D eigenvalue weighted by Gasteiger charge is 2.28. The standard InChI is InChI=1S/C23H25N3O2/c1-16-9-10-20(17(2)15-16)25-11-13-26(14-12-25)23(27)22-21(24-18(3)28-22)19-7-5-4-6-8-19/h4-10,15H,11-14H2,1-3H3. The normalized spacial score (nSPS) is 14.4. The lowest BCUT2D eigenvalue weighted by atomic mass is 10.1. The molecule has 1 aromatic heterocycles. The molecule has 2 aromatic carbocycles. The number of hydrogen-bond donors (Lipinski definition) is 0. The second-order valence-electron chi connectivity index (χ2n) is 7.35. The van der Waals surface area contributed by atoms with Gasteiger partial charge in [0.05, 0.1) is 0 Å². The van der Waals surface area contributed by atoms with E-state index in [0.717, 1.165) is 18.7 Å². The summed E-state index contributed by atoms with van der Waals surface area (Å²) < 4.78 is 5.71. The molecule has 2 heterocycles. The van der Waals surface area contributed by atoms with E-state index in [1.807, 2.05) is 35.2 Å². The van der Waals surface area contributed by atoms with Gasteiger partial charge in [0, 0.05) is 44.4 Å². The largest absolute Gasteiger partial charge is 0.435 e. The molecular formula is C23H25N3O2. The van der Waals surface area contributed by atoms with Gasteiger partial charge in [-0.25, -0.2) is 4.98 Å². The van der Waals surface area contributed by atoms with Crippen molar-refractivity contribution in [1.29, 1.82) is 0 Å². The SMILES string of the molecule is Cc1ccc(N2CCN(C(=O)c3oc(C)nc3-c3ccccc3)CC2)c(C)c1. The maximum absolute atomic E-state index is 13.1. The summed E-state index contributed by atoms with van der Waals surface area (Å²) in [6.07, 6.45) is 0. The van der Waals surface area contributed by atoms with Crippen LogP contribution in [0.3, 0.4) is 0 Å². The van der Waals surface area contributed by atoms with E-state index in [1.165, 1.54) is 16.8 Å². The molecule has 0 unspecified atom stereocenters. The third-order valence-electron chi connectivity index (χ3n) is 5.24. The molecule has 3 aromatic rings. The van der Waals surface area contributed by atoms with Crippen molar-refractivity contribution in [1.82, 2.24) is 9.88 Å². The lowest BCUT2D eigenvalue weighted by Gasteiger charge is -2.36. The Labute approximate surface area is 165 Å². The Morgan fingerprint density at radius 2 is 1.68 bits per heavy atom. The van der Waals surface area contributed by atoms with Crippen molar-refractivity contribution in [3.63, 3.8) is 0 Å². The second-order valence-corrected chi connectivity index (χ2v) is 7.35. The van der Waals surface area contributed by atoms with Gasteiger partial charge in [0.1, 0.15) is 5.69 Å². The van der Waals surface area contributed by atoms with Crippen LogP contribution in [0.2, 0.25) is 0 Å². The van der Waals surface area contributed by atoms with E-state index >= 15 is 0 Å². The predicted molar refractivity (Wildman–Crippen MR) is 111 cm³/mol. The van der Waals surface area contributed by atoms with Crippen LogP contribution >= 0.6 is 0 Å². The first-order valence-corrected chi connectivity index (χ1v) is 9.67. The number of rotatable bonds is 3. The molecule has 1 aliphatic rings. The molecular weight excluding hydrogens is 350 g/mol. The molecule has 0 spiro atoms. The molecule has 0 saturated carbocycles. The first-order valence-electron chi connectivity index (χ1n) is 9.67. The van der Waals surface area contributed by atoms with Crippen LogP contribution in [-0.2, 0) is 0 Å². The van der Waals surface area contributed by atoms with E-state index in [2.05, 4.69) is 41.9 Å². The summed E-state index contributed by atoms with van der Waals surface area (Å²) in [5.74, 6) is 0.763. The zero-order valence-electron chi connectivity index (χ0n) is 16.6. The van der Waals surface area contributed by atoms with Crippen LogP contribution < -0.4 is 4.90 Å². The summed E-state index contributed by atoms with van der Waals surface area (Å²) in [5, 5.41) is 0. The predicted octanol–water partition coefficient (Wildman–Crippen LogP) is 4.23. The zero-order valence-corrected chi connectivity index (χ0v) is 16.6. The van der Waals surface area contributed by atoms with Gasteiger partial charge in [0.15, 0.2) is 5.89 Å². The summed E-state index contributed by atoms with van der Waals surface area (Å²) in [6.45, 7) is 8.98. The molecule has 0 bridgehead atoms. The molecule has 1 fully saturated rings. The minimum absolute atomic E-state index is 0.0836. The van der Waals surface area contributed by atoms with Crippen LogP contribution in [0.1, 0.15) is 27.6 Å². The maximum atomic E-state index is 13.1. The van der Waals surface area contributed by atoms with E-state index in [1.54, 1.807) is 6.92 Å². The Kier molecular flexibility index (Phi) is 4.90. The van der Waals surface area contributed by atoms with E-state index in [0.29, 0.717) is 30.4 Å². The van der Waals surface area contributed by atoms with Crippen molar-refractivity contribution in [2.24, 2.45) is 0 Å². The topological polar surface area (TPSA) is 49.6 Å². The average molecular weight is 375 g/mol. The van der Waals surface area contributed by atoms with Crippen LogP contribution in [-0.4, -0.2) is 42.0 Å². The molecule has 1 amide bonds. The molecule has 0 aliphatic carbocycles. The van der Waals surface area contributed by atoms with Crippen LogP contribution in [0.25, 0.3) is 11.3 Å². The monoisotopic (exact) mass is 375 g/mol. The fraction of sp³-hybridized carbons (Fsp3) is 0.304. The molecule has 144 valence electrons. The summed E-state index contributed by atoms with van der Waals surface area (Å²) in [5.41, 5.74) is 5.32. The molecule has 1 aliphatic heterocycles. The van der Waals surface area contributed by atoms with Gasteiger partial charge in [0.25, 0.3) is 5.91 Å². The molecule has 4 rings (SSSR count). The molecule has 5 nitrogen and oxygen atoms in total. The minimum Gasteiger partial charge on any atom is -0.435 e. The lowest BCUT2D eigenvalue weighted by Crippen LogP contribution is -2.49. The maximum Gasteiger partial charge on any atom is 0.292 e. The lowest BCUT2D eigenvalue weighted by molar-refractivity contribution is 0.0714. The molecule has 1 saturated heterocycles. The number of carbonyl (C=O) groups excluding carboxylic acids is 1. The highest BCUT2D eigenvalue weighted by atomic mass is 16.4. The smallest absolute Gasteiger partial charge is 0.292 e. The van der Waals surface area contributed by atoms with Gasteiger partial charge in [0.2, 0.25) is 5.76 Å². The van der Waals surface area contributed by atoms with Crippen LogP contribution in [0.5, 0.6) is 0 Å². The Hall–Kier alpha value is -3.08. The number of piperazine rings is 1. The van der Waals surface area contributed by atoms with Crippen LogP contribution in [0, 0.1) is 20.8 Å². The van der Waals surface area contributed by atoms with Gasteiger partial charge in [-0.15, -0.1) is 0 Å². The van der Waals surface area contributed by atoms with Gasteiger partial charge in [-0.1, -0.05) is 48.0 Å². The number of anilines is 1. The summed E-state index contributed by atoms with van der Waals surface area (Å²) in [4.78, 5) is 21.8. The van der Waals surface area contributed by atoms with Crippen molar-refractivity contribution >= 4 is 11.6 Å². The quantitative estimate of drug-likeness (QED) is 0.687. The molecule has 0 atom stereocenters. The number of oxazole rings is 1. The van der Waals surface area contributed by atoms with E-state index in [-0.39, 0.29) is 5.91 Å². The van der Waals surface area contributed by atoms with Crippen molar-refractivity contribution in [2.75, 3.05) is 31.1 Å². The number of aromatic nitrogens is 1. The summed E-state index contributed by atoms with van der Waals surface area (Å²) in [7, 11) is 0. The Balaban J connectivity index is 1.51. The fourth-order valence-electron chi connectivity index (χ4n) is 3.82. The molecule has 28 heavy (non-hydrogen) atoms. The Bertz CT molecular complexity index is 986. The molecule has 0 N–H and O–H groups in total. The summed E-state index contributed by atoms with van der Waals surface area (Å²) >= 11 is 0. The van der Waals surface area contributed by atoms with Crippen molar-refractivity contribution in [3.8, 4) is 11.3 Å². The van der Waals surface area contributed by atoms with Gasteiger partial charge < -0.3 is 14.2 Å². The number of hydrogen-bond acceptors (Lipinski definition) is 4. The number of benzene rings is 2. The van der Waals surface area contributed by atoms with Gasteiger partial charge >= 0.3 is 0 Å². The highest BCUT2D eigenvalue weighted by Crippen LogP contribution is 2.27. The van der Waals surface area contributed by atoms with Gasteiger partial charge in [-0.05, 0) is 25.5 Å². The number of amides is 1. The highest BCUT2D eigenvalue weighted by molar-refractivity contribution is 5.97. The zero-order chi connectivity index (χ0) is 19.7. The number of aryl methyl sites for hydroxylation is 3. The first-order chi connectivity index (χ1) is 13.5. The van der Waals surface area contributed by atoms with E-state index in [4.69, 9.17) is 4.42 Å². The fourth-order valence-corrected chi connectivity index (χ4v) is 3.82. The Morgan fingerprint density at radius 1 is 0.964 bits per heavy atom. The number of carbonyl (C=O) groups is 1. The minimum atomic E-state index is -0.0836. The summed E-state index contributed by atoms with van der Waals surface area (Å²) in [6, 6.07) is 16.3. The third-order valence-corrected chi connectivity index (χ3v) is 5.24. The van der Waals surface area contributed by atoms with Crippen molar-refractivity contribution in [2.45, 2.75) is 20.8 Å². The first kappa shape index (κ1) is 18.3. The Morgan fingerprint density at radius 3 is 2.36 bits per heavy atom.